The summed E-state index contributed by atoms with van der Waals surface area (Å²) in [6.07, 6.45) is 1.77. The second-order valence-electron chi connectivity index (χ2n) is 9.19. The number of nitrogens with zero attached hydrogens (tertiary/aromatic N) is 5. The molecule has 1 atom stereocenters. The van der Waals surface area contributed by atoms with E-state index in [0.717, 1.165) is 64.4 Å². The molecule has 34 heavy (non-hydrogen) atoms. The van der Waals surface area contributed by atoms with Crippen molar-refractivity contribution in [2.75, 3.05) is 23.3 Å². The minimum atomic E-state index is -0.121. The fraction of sp³-hybridized carbons (Fsp3) is 0.333. The molecule has 1 aliphatic rings. The summed E-state index contributed by atoms with van der Waals surface area (Å²) < 4.78 is 1.96. The molecular formula is C27H30N6O. The first-order valence-electron chi connectivity index (χ1n) is 11.8. The molecule has 2 aromatic carbocycles. The van der Waals surface area contributed by atoms with Crippen molar-refractivity contribution < 1.29 is 4.79 Å². The third kappa shape index (κ3) is 3.91. The number of nitrogens with one attached hydrogen (secondary N) is 1. The monoisotopic (exact) mass is 454 g/mol. The van der Waals surface area contributed by atoms with Crippen LogP contribution in [-0.2, 0) is 4.79 Å². The van der Waals surface area contributed by atoms with Gasteiger partial charge in [0, 0.05) is 18.8 Å². The van der Waals surface area contributed by atoms with Gasteiger partial charge in [-0.15, -0.1) is 5.10 Å². The SMILES string of the molecule is Cc1cccc(NC(=O)[C@H]2CCCN(c3nnc(C)c4c(C)n(-c5ccccc5)nc34)C2)c1C. The van der Waals surface area contributed by atoms with E-state index >= 15 is 0 Å². The maximum atomic E-state index is 13.2. The van der Waals surface area contributed by atoms with Gasteiger partial charge in [0.2, 0.25) is 5.91 Å². The van der Waals surface area contributed by atoms with Gasteiger partial charge in [-0.2, -0.15) is 10.2 Å². The van der Waals surface area contributed by atoms with Crippen molar-refractivity contribution in [3.8, 4) is 5.69 Å². The summed E-state index contributed by atoms with van der Waals surface area (Å²) in [5, 5.41) is 18.1. The van der Waals surface area contributed by atoms with E-state index in [4.69, 9.17) is 5.10 Å². The van der Waals surface area contributed by atoms with E-state index in [-0.39, 0.29) is 11.8 Å². The van der Waals surface area contributed by atoms with Crippen molar-refractivity contribution in [2.45, 2.75) is 40.5 Å². The van der Waals surface area contributed by atoms with Crippen LogP contribution in [0.5, 0.6) is 0 Å². The van der Waals surface area contributed by atoms with E-state index < -0.39 is 0 Å². The van der Waals surface area contributed by atoms with Crippen LogP contribution in [0.3, 0.4) is 0 Å². The Morgan fingerprint density at radius 1 is 1.00 bits per heavy atom. The van der Waals surface area contributed by atoms with Crippen molar-refractivity contribution in [1.82, 2.24) is 20.0 Å². The topological polar surface area (TPSA) is 75.9 Å². The first-order valence-corrected chi connectivity index (χ1v) is 11.8. The molecule has 0 aliphatic carbocycles. The largest absolute Gasteiger partial charge is 0.352 e. The molecule has 1 amide bonds. The van der Waals surface area contributed by atoms with Crippen LogP contribution in [0, 0.1) is 33.6 Å². The lowest BCUT2D eigenvalue weighted by molar-refractivity contribution is -0.120. The van der Waals surface area contributed by atoms with Gasteiger partial charge < -0.3 is 10.2 Å². The highest BCUT2D eigenvalue weighted by atomic mass is 16.1. The number of hydrogen-bond acceptors (Lipinski definition) is 5. The van der Waals surface area contributed by atoms with Crippen molar-refractivity contribution in [1.29, 1.82) is 0 Å². The van der Waals surface area contributed by atoms with Crippen LogP contribution in [0.25, 0.3) is 16.6 Å². The zero-order valence-electron chi connectivity index (χ0n) is 20.2. The molecular weight excluding hydrogens is 424 g/mol. The minimum Gasteiger partial charge on any atom is -0.352 e. The molecule has 0 unspecified atom stereocenters. The van der Waals surface area contributed by atoms with E-state index in [9.17, 15) is 4.79 Å². The number of fused-ring (bicyclic) bond motifs is 1. The highest BCUT2D eigenvalue weighted by Gasteiger charge is 2.29. The molecule has 0 bridgehead atoms. The van der Waals surface area contributed by atoms with Crippen molar-refractivity contribution in [2.24, 2.45) is 5.92 Å². The van der Waals surface area contributed by atoms with E-state index in [1.165, 1.54) is 5.56 Å². The van der Waals surface area contributed by atoms with E-state index in [1.807, 2.05) is 61.0 Å². The fourth-order valence-corrected chi connectivity index (χ4v) is 4.85. The Bertz CT molecular complexity index is 1360. The maximum Gasteiger partial charge on any atom is 0.229 e. The van der Waals surface area contributed by atoms with Gasteiger partial charge in [-0.05, 0) is 69.9 Å². The van der Waals surface area contributed by atoms with Crippen LogP contribution in [0.1, 0.15) is 35.4 Å². The quantitative estimate of drug-likeness (QED) is 0.474. The number of rotatable bonds is 4. The molecule has 2 aromatic heterocycles. The number of aryl methyl sites for hydroxylation is 3. The summed E-state index contributed by atoms with van der Waals surface area (Å²) in [6, 6.07) is 16.1. The fourth-order valence-electron chi connectivity index (χ4n) is 4.85. The molecule has 7 nitrogen and oxygen atoms in total. The van der Waals surface area contributed by atoms with Gasteiger partial charge in [0.25, 0.3) is 0 Å². The van der Waals surface area contributed by atoms with Crippen LogP contribution < -0.4 is 10.2 Å². The lowest BCUT2D eigenvalue weighted by Crippen LogP contribution is -2.41. The Morgan fingerprint density at radius 3 is 2.59 bits per heavy atom. The second kappa shape index (κ2) is 8.89. The number of anilines is 2. The Hall–Kier alpha value is -3.74. The van der Waals surface area contributed by atoms with Crippen molar-refractivity contribution >= 4 is 28.3 Å². The van der Waals surface area contributed by atoms with Gasteiger partial charge in [0.1, 0.15) is 5.52 Å². The highest BCUT2D eigenvalue weighted by molar-refractivity contribution is 5.95. The summed E-state index contributed by atoms with van der Waals surface area (Å²) in [7, 11) is 0. The number of piperidine rings is 1. The zero-order valence-corrected chi connectivity index (χ0v) is 20.2. The third-order valence-corrected chi connectivity index (χ3v) is 6.94. The van der Waals surface area contributed by atoms with Gasteiger partial charge in [0.05, 0.1) is 28.4 Å². The molecule has 4 aromatic rings. The van der Waals surface area contributed by atoms with Gasteiger partial charge in [-0.3, -0.25) is 4.79 Å². The highest BCUT2D eigenvalue weighted by Crippen LogP contribution is 2.32. The molecule has 0 spiro atoms. The Kier molecular flexibility index (Phi) is 5.77. The zero-order chi connectivity index (χ0) is 23.8. The molecule has 0 saturated carbocycles. The van der Waals surface area contributed by atoms with Crippen LogP contribution >= 0.6 is 0 Å². The van der Waals surface area contributed by atoms with Gasteiger partial charge in [-0.25, -0.2) is 4.68 Å². The Morgan fingerprint density at radius 2 is 1.79 bits per heavy atom. The standard InChI is InChI=1S/C27H30N6O/c1-17-10-8-14-23(18(17)2)28-27(34)21-11-9-15-32(16-21)26-25-24(19(3)29-30-26)20(4)33(31-25)22-12-6-5-7-13-22/h5-8,10,12-14,21H,9,11,15-16H2,1-4H3,(H,28,34)/t21-/m0/s1. The summed E-state index contributed by atoms with van der Waals surface area (Å²) in [4.78, 5) is 15.3. The minimum absolute atomic E-state index is 0.0562. The Balaban J connectivity index is 1.45. The van der Waals surface area contributed by atoms with Crippen molar-refractivity contribution in [3.63, 3.8) is 0 Å². The predicted octanol–water partition coefficient (Wildman–Crippen LogP) is 4.90. The molecule has 3 heterocycles. The number of amides is 1. The van der Waals surface area contributed by atoms with E-state index in [0.29, 0.717) is 6.54 Å². The average molecular weight is 455 g/mol. The molecule has 0 radical (unpaired) electrons. The first-order chi connectivity index (χ1) is 16.4. The number of hydrogen-bond donors (Lipinski definition) is 1. The molecule has 174 valence electrons. The normalized spacial score (nSPS) is 16.1. The van der Waals surface area contributed by atoms with E-state index in [1.54, 1.807) is 0 Å². The summed E-state index contributed by atoms with van der Waals surface area (Å²) in [5.41, 5.74) is 6.91. The van der Waals surface area contributed by atoms with Crippen LogP contribution in [0.15, 0.2) is 48.5 Å². The first kappa shape index (κ1) is 22.1. The van der Waals surface area contributed by atoms with Crippen LogP contribution in [0.2, 0.25) is 0 Å². The van der Waals surface area contributed by atoms with Crippen LogP contribution in [-0.4, -0.2) is 39.0 Å². The molecule has 1 fully saturated rings. The van der Waals surface area contributed by atoms with Crippen LogP contribution in [0.4, 0.5) is 11.5 Å². The molecule has 1 aliphatic heterocycles. The molecule has 7 heteroatoms. The number of para-hydroxylation sites is 1. The molecule has 5 rings (SSSR count). The lowest BCUT2D eigenvalue weighted by atomic mass is 9.96. The van der Waals surface area contributed by atoms with Gasteiger partial charge in [-0.1, -0.05) is 30.3 Å². The van der Waals surface area contributed by atoms with Gasteiger partial charge >= 0.3 is 0 Å². The predicted molar refractivity (Wildman–Crippen MR) is 136 cm³/mol. The second-order valence-corrected chi connectivity index (χ2v) is 9.19. The Labute approximate surface area is 199 Å². The number of aromatic nitrogens is 4. The molecule has 1 saturated heterocycles. The lowest BCUT2D eigenvalue weighted by Gasteiger charge is -2.32. The maximum absolute atomic E-state index is 13.2. The number of benzene rings is 2. The summed E-state index contributed by atoms with van der Waals surface area (Å²) in [6.45, 7) is 9.57. The number of carbonyl (C=O) groups excluding carboxylic acids is 1. The molecule has 1 N–H and O–H groups in total. The average Bonchev–Trinajstić information content (AvgIpc) is 3.21. The smallest absolute Gasteiger partial charge is 0.229 e. The van der Waals surface area contributed by atoms with Crippen molar-refractivity contribution in [3.05, 3.63) is 71.0 Å². The van der Waals surface area contributed by atoms with Gasteiger partial charge in [0.15, 0.2) is 5.82 Å². The summed E-state index contributed by atoms with van der Waals surface area (Å²) in [5.74, 6) is 0.687. The summed E-state index contributed by atoms with van der Waals surface area (Å²) >= 11 is 0. The number of carbonyl (C=O) groups is 1. The van der Waals surface area contributed by atoms with E-state index in [2.05, 4.69) is 40.3 Å². The third-order valence-electron chi connectivity index (χ3n) is 6.94.